The van der Waals surface area contributed by atoms with Gasteiger partial charge in [0.15, 0.2) is 0 Å². The van der Waals surface area contributed by atoms with Gasteiger partial charge in [-0.25, -0.2) is 4.98 Å². The number of aliphatic hydroxyl groups excluding tert-OH is 1. The van der Waals surface area contributed by atoms with Crippen LogP contribution in [0.3, 0.4) is 0 Å². The molecule has 0 bridgehead atoms. The lowest BCUT2D eigenvalue weighted by atomic mass is 9.93. The van der Waals surface area contributed by atoms with Crippen LogP contribution in [0.2, 0.25) is 0 Å². The third-order valence-electron chi connectivity index (χ3n) is 2.34. The molecule has 1 rings (SSSR count). The van der Waals surface area contributed by atoms with E-state index in [0.717, 1.165) is 10.7 Å². The molecule has 0 spiro atoms. The van der Waals surface area contributed by atoms with Gasteiger partial charge in [-0.15, -0.1) is 11.3 Å². The number of ether oxygens (including phenoxy) is 1. The first kappa shape index (κ1) is 14.6. The van der Waals surface area contributed by atoms with Gasteiger partial charge < -0.3 is 15.2 Å². The van der Waals surface area contributed by atoms with Crippen LogP contribution in [0.1, 0.15) is 31.5 Å². The van der Waals surface area contributed by atoms with Crippen molar-refractivity contribution in [2.75, 3.05) is 20.3 Å². The normalized spacial score (nSPS) is 13.9. The molecular formula is C12H22N2O2S. The molecule has 0 aromatic carbocycles. The molecule has 0 aliphatic heterocycles. The van der Waals surface area contributed by atoms with Crippen molar-refractivity contribution in [1.29, 1.82) is 0 Å². The third-order valence-corrected chi connectivity index (χ3v) is 3.18. The van der Waals surface area contributed by atoms with Crippen molar-refractivity contribution in [3.05, 3.63) is 16.1 Å². The van der Waals surface area contributed by atoms with Crippen LogP contribution in [0.5, 0.6) is 0 Å². The van der Waals surface area contributed by atoms with Crippen LogP contribution in [-0.4, -0.2) is 36.5 Å². The van der Waals surface area contributed by atoms with Crippen molar-refractivity contribution in [3.63, 3.8) is 0 Å². The molecule has 4 nitrogen and oxygen atoms in total. The molecule has 0 fully saturated rings. The van der Waals surface area contributed by atoms with Gasteiger partial charge in [-0.05, 0) is 0 Å². The van der Waals surface area contributed by atoms with Gasteiger partial charge in [0, 0.05) is 31.0 Å². The lowest BCUT2D eigenvalue weighted by Gasteiger charge is -2.14. The minimum atomic E-state index is -0.456. The van der Waals surface area contributed by atoms with Gasteiger partial charge in [0.1, 0.15) is 5.01 Å². The number of rotatable bonds is 6. The molecule has 1 atom stereocenters. The molecule has 0 aliphatic rings. The molecule has 1 unspecified atom stereocenters. The van der Waals surface area contributed by atoms with E-state index in [1.54, 1.807) is 18.4 Å². The van der Waals surface area contributed by atoms with E-state index in [9.17, 15) is 5.11 Å². The largest absolute Gasteiger partial charge is 0.389 e. The fourth-order valence-corrected chi connectivity index (χ4v) is 2.32. The molecule has 98 valence electrons. The summed E-state index contributed by atoms with van der Waals surface area (Å²) in [6.45, 7) is 8.04. The second-order valence-electron chi connectivity index (χ2n) is 5.12. The van der Waals surface area contributed by atoms with Gasteiger partial charge in [0.05, 0.1) is 18.4 Å². The summed E-state index contributed by atoms with van der Waals surface area (Å²) in [6, 6.07) is 0. The summed E-state index contributed by atoms with van der Waals surface area (Å²) in [5.74, 6) is 0. The Kier molecular flexibility index (Phi) is 5.52. The number of hydrogen-bond donors (Lipinski definition) is 2. The van der Waals surface area contributed by atoms with Crippen molar-refractivity contribution in [1.82, 2.24) is 10.3 Å². The first-order valence-corrected chi connectivity index (χ1v) is 6.64. The minimum absolute atomic E-state index is 0.102. The standard InChI is InChI=1S/C12H22N2O2S/c1-12(2,3)10-8-17-11(14-10)6-13-5-9(15)7-16-4/h8-9,13,15H,5-7H2,1-4H3. The van der Waals surface area contributed by atoms with E-state index in [0.29, 0.717) is 19.7 Å². The van der Waals surface area contributed by atoms with Crippen LogP contribution in [0.25, 0.3) is 0 Å². The predicted octanol–water partition coefficient (Wildman–Crippen LogP) is 1.54. The van der Waals surface area contributed by atoms with Crippen molar-refractivity contribution in [3.8, 4) is 0 Å². The average Bonchev–Trinajstić information content (AvgIpc) is 2.66. The maximum atomic E-state index is 9.46. The Morgan fingerprint density at radius 3 is 2.76 bits per heavy atom. The summed E-state index contributed by atoms with van der Waals surface area (Å²) in [5, 5.41) is 15.8. The summed E-state index contributed by atoms with van der Waals surface area (Å²) in [6.07, 6.45) is -0.456. The number of nitrogens with zero attached hydrogens (tertiary/aromatic N) is 1. The van der Waals surface area contributed by atoms with E-state index < -0.39 is 6.10 Å². The Hall–Kier alpha value is -0.490. The summed E-state index contributed by atoms with van der Waals surface area (Å²) in [5.41, 5.74) is 1.22. The first-order chi connectivity index (χ1) is 7.93. The molecule has 1 aromatic heterocycles. The number of thiazole rings is 1. The fourth-order valence-electron chi connectivity index (χ4n) is 1.33. The van der Waals surface area contributed by atoms with Crippen LogP contribution in [0, 0.1) is 0 Å². The summed E-state index contributed by atoms with van der Waals surface area (Å²) in [4.78, 5) is 4.57. The molecule has 0 saturated carbocycles. The number of aliphatic hydroxyl groups is 1. The van der Waals surface area contributed by atoms with Crippen LogP contribution >= 0.6 is 11.3 Å². The Morgan fingerprint density at radius 1 is 1.53 bits per heavy atom. The summed E-state index contributed by atoms with van der Waals surface area (Å²) >= 11 is 1.65. The zero-order valence-corrected chi connectivity index (χ0v) is 11.8. The highest BCUT2D eigenvalue weighted by molar-refractivity contribution is 7.09. The van der Waals surface area contributed by atoms with Crippen LogP contribution in [-0.2, 0) is 16.7 Å². The molecule has 5 heteroatoms. The molecule has 1 aromatic rings. The van der Waals surface area contributed by atoms with Gasteiger partial charge in [0.25, 0.3) is 0 Å². The highest BCUT2D eigenvalue weighted by atomic mass is 32.1. The van der Waals surface area contributed by atoms with Crippen LogP contribution in [0.4, 0.5) is 0 Å². The maximum Gasteiger partial charge on any atom is 0.107 e. The Morgan fingerprint density at radius 2 is 2.24 bits per heavy atom. The first-order valence-electron chi connectivity index (χ1n) is 5.76. The summed E-state index contributed by atoms with van der Waals surface area (Å²) in [7, 11) is 1.58. The molecule has 0 amide bonds. The number of methoxy groups -OCH3 is 1. The topological polar surface area (TPSA) is 54.4 Å². The van der Waals surface area contributed by atoms with Gasteiger partial charge in [0.2, 0.25) is 0 Å². The third kappa shape index (κ3) is 5.12. The Labute approximate surface area is 107 Å². The van der Waals surface area contributed by atoms with Crippen molar-refractivity contribution in [2.24, 2.45) is 0 Å². The SMILES string of the molecule is COCC(O)CNCc1nc(C(C)(C)C)cs1. The van der Waals surface area contributed by atoms with Crippen molar-refractivity contribution in [2.45, 2.75) is 38.8 Å². The van der Waals surface area contributed by atoms with Gasteiger partial charge in [-0.3, -0.25) is 0 Å². The second kappa shape index (κ2) is 6.44. The predicted molar refractivity (Wildman–Crippen MR) is 70.4 cm³/mol. The Bertz CT molecular complexity index is 333. The van der Waals surface area contributed by atoms with Crippen LogP contribution in [0.15, 0.2) is 5.38 Å². The molecule has 0 radical (unpaired) electrons. The van der Waals surface area contributed by atoms with E-state index >= 15 is 0 Å². The van der Waals surface area contributed by atoms with E-state index in [1.165, 1.54) is 0 Å². The number of aromatic nitrogens is 1. The molecular weight excluding hydrogens is 236 g/mol. The van der Waals surface area contributed by atoms with Gasteiger partial charge in [-0.1, -0.05) is 20.8 Å². The summed E-state index contributed by atoms with van der Waals surface area (Å²) < 4.78 is 4.85. The molecule has 1 heterocycles. The van der Waals surface area contributed by atoms with Crippen molar-refractivity contribution >= 4 is 11.3 Å². The van der Waals surface area contributed by atoms with E-state index in [-0.39, 0.29) is 5.41 Å². The van der Waals surface area contributed by atoms with Gasteiger partial charge >= 0.3 is 0 Å². The monoisotopic (exact) mass is 258 g/mol. The van der Waals surface area contributed by atoms with Crippen LogP contribution < -0.4 is 5.32 Å². The minimum Gasteiger partial charge on any atom is -0.389 e. The molecule has 0 saturated heterocycles. The van der Waals surface area contributed by atoms with Crippen molar-refractivity contribution < 1.29 is 9.84 Å². The second-order valence-corrected chi connectivity index (χ2v) is 6.06. The van der Waals surface area contributed by atoms with E-state index in [2.05, 4.69) is 36.5 Å². The zero-order valence-electron chi connectivity index (χ0n) is 11.0. The Balaban J connectivity index is 2.35. The maximum absolute atomic E-state index is 9.46. The zero-order chi connectivity index (χ0) is 12.9. The lowest BCUT2D eigenvalue weighted by molar-refractivity contribution is 0.0644. The number of nitrogens with one attached hydrogen (secondary N) is 1. The molecule has 0 aliphatic carbocycles. The van der Waals surface area contributed by atoms with E-state index in [1.807, 2.05) is 0 Å². The highest BCUT2D eigenvalue weighted by Gasteiger charge is 2.17. The van der Waals surface area contributed by atoms with Gasteiger partial charge in [-0.2, -0.15) is 0 Å². The highest BCUT2D eigenvalue weighted by Crippen LogP contribution is 2.23. The smallest absolute Gasteiger partial charge is 0.107 e. The molecule has 2 N–H and O–H groups in total. The number of hydrogen-bond acceptors (Lipinski definition) is 5. The molecule has 17 heavy (non-hydrogen) atoms. The van der Waals surface area contributed by atoms with E-state index in [4.69, 9.17) is 4.74 Å². The quantitative estimate of drug-likeness (QED) is 0.812. The lowest BCUT2D eigenvalue weighted by Crippen LogP contribution is -2.29. The fraction of sp³-hybridized carbons (Fsp3) is 0.750. The average molecular weight is 258 g/mol.